The Balaban J connectivity index is 1.70. The first-order valence-corrected chi connectivity index (χ1v) is 8.36. The monoisotopic (exact) mass is 329 g/mol. The van der Waals surface area contributed by atoms with Crippen molar-refractivity contribution in [1.82, 2.24) is 24.1 Å². The van der Waals surface area contributed by atoms with Gasteiger partial charge in [0.15, 0.2) is 0 Å². The largest absolute Gasteiger partial charge is 0.337 e. The Morgan fingerprint density at radius 2 is 1.80 bits per heavy atom. The van der Waals surface area contributed by atoms with Crippen LogP contribution in [0.1, 0.15) is 18.0 Å². The number of rotatable bonds is 6. The Morgan fingerprint density at radius 3 is 2.56 bits per heavy atom. The molecule has 1 aromatic carbocycles. The lowest BCUT2D eigenvalue weighted by atomic mass is 10.0. The second-order valence-electron chi connectivity index (χ2n) is 5.92. The normalized spacial score (nSPS) is 12.2. The minimum Gasteiger partial charge on any atom is -0.337 e. The molecule has 3 heterocycles. The summed E-state index contributed by atoms with van der Waals surface area (Å²) in [6.07, 6.45) is 14.2. The zero-order valence-electron chi connectivity index (χ0n) is 13.8. The number of benzene rings is 1. The average molecular weight is 329 g/mol. The fourth-order valence-corrected chi connectivity index (χ4v) is 3.12. The zero-order valence-corrected chi connectivity index (χ0v) is 13.8. The molecule has 25 heavy (non-hydrogen) atoms. The van der Waals surface area contributed by atoms with Gasteiger partial charge in [-0.3, -0.25) is 4.98 Å². The highest BCUT2D eigenvalue weighted by atomic mass is 15.1. The van der Waals surface area contributed by atoms with Crippen molar-refractivity contribution in [1.29, 1.82) is 0 Å². The first-order valence-electron chi connectivity index (χ1n) is 8.36. The zero-order chi connectivity index (χ0) is 16.9. The van der Waals surface area contributed by atoms with Gasteiger partial charge in [-0.1, -0.05) is 30.3 Å². The molecule has 1 atom stereocenters. The van der Waals surface area contributed by atoms with Crippen LogP contribution in [0.25, 0.3) is 11.4 Å². The van der Waals surface area contributed by atoms with Crippen LogP contribution in [0.3, 0.4) is 0 Å². The molecular formula is C20H19N5. The molecule has 5 heteroatoms. The maximum atomic E-state index is 4.58. The first-order chi connectivity index (χ1) is 12.4. The van der Waals surface area contributed by atoms with E-state index >= 15 is 0 Å². The van der Waals surface area contributed by atoms with Gasteiger partial charge in [0.1, 0.15) is 5.82 Å². The topological polar surface area (TPSA) is 48.5 Å². The van der Waals surface area contributed by atoms with Crippen LogP contribution in [0.15, 0.2) is 86.0 Å². The number of hydrogen-bond acceptors (Lipinski definition) is 3. The lowest BCUT2D eigenvalue weighted by Gasteiger charge is -2.22. The summed E-state index contributed by atoms with van der Waals surface area (Å²) in [6.45, 7) is 0.893. The fourth-order valence-electron chi connectivity index (χ4n) is 3.12. The molecule has 0 amide bonds. The summed E-state index contributed by atoms with van der Waals surface area (Å²) < 4.78 is 4.35. The van der Waals surface area contributed by atoms with Gasteiger partial charge in [-0.2, -0.15) is 0 Å². The Morgan fingerprint density at radius 1 is 0.880 bits per heavy atom. The van der Waals surface area contributed by atoms with Gasteiger partial charge in [0.25, 0.3) is 0 Å². The third kappa shape index (κ3) is 3.35. The summed E-state index contributed by atoms with van der Waals surface area (Å²) >= 11 is 0. The van der Waals surface area contributed by atoms with Gasteiger partial charge in [-0.15, -0.1) is 0 Å². The summed E-state index contributed by atoms with van der Waals surface area (Å²) in [5.41, 5.74) is 2.29. The van der Waals surface area contributed by atoms with Crippen LogP contribution in [0.4, 0.5) is 0 Å². The number of aromatic nitrogens is 5. The molecule has 0 bridgehead atoms. The van der Waals surface area contributed by atoms with Crippen LogP contribution in [0.5, 0.6) is 0 Å². The van der Waals surface area contributed by atoms with E-state index in [1.54, 1.807) is 6.20 Å². The molecule has 0 N–H and O–H groups in total. The maximum Gasteiger partial charge on any atom is 0.142 e. The van der Waals surface area contributed by atoms with Crippen LogP contribution in [0, 0.1) is 0 Å². The standard InChI is InChI=1S/C20H19N5/c1-2-5-17(6-3-1)19(8-12-24-13-10-22-16-24)25-14-11-23-20(25)18-7-4-9-21-15-18/h1-7,9-11,13-16,19H,8,12H2/t19-/m1/s1. The minimum absolute atomic E-state index is 0.196. The second-order valence-corrected chi connectivity index (χ2v) is 5.92. The van der Waals surface area contributed by atoms with E-state index in [0.717, 1.165) is 24.4 Å². The van der Waals surface area contributed by atoms with E-state index < -0.39 is 0 Å². The van der Waals surface area contributed by atoms with Gasteiger partial charge in [0.05, 0.1) is 12.4 Å². The molecule has 0 spiro atoms. The lowest BCUT2D eigenvalue weighted by molar-refractivity contribution is 0.494. The second kappa shape index (κ2) is 7.13. The van der Waals surface area contributed by atoms with Gasteiger partial charge in [0.2, 0.25) is 0 Å². The minimum atomic E-state index is 0.196. The summed E-state index contributed by atoms with van der Waals surface area (Å²) in [5.74, 6) is 0.938. The van der Waals surface area contributed by atoms with Gasteiger partial charge in [-0.05, 0) is 24.1 Å². The number of imidazole rings is 2. The van der Waals surface area contributed by atoms with Gasteiger partial charge in [-0.25, -0.2) is 9.97 Å². The van der Waals surface area contributed by atoms with Crippen LogP contribution < -0.4 is 0 Å². The molecular weight excluding hydrogens is 310 g/mol. The van der Waals surface area contributed by atoms with Gasteiger partial charge in [0, 0.05) is 49.3 Å². The average Bonchev–Trinajstić information content (AvgIpc) is 3.36. The predicted molar refractivity (Wildman–Crippen MR) is 96.9 cm³/mol. The van der Waals surface area contributed by atoms with Crippen LogP contribution >= 0.6 is 0 Å². The van der Waals surface area contributed by atoms with Gasteiger partial charge < -0.3 is 9.13 Å². The molecule has 0 radical (unpaired) electrons. The predicted octanol–water partition coefficient (Wildman–Crippen LogP) is 3.82. The molecule has 4 rings (SSSR count). The third-order valence-corrected chi connectivity index (χ3v) is 4.33. The maximum absolute atomic E-state index is 4.58. The molecule has 3 aromatic heterocycles. The highest BCUT2D eigenvalue weighted by Crippen LogP contribution is 2.28. The van der Waals surface area contributed by atoms with Crippen molar-refractivity contribution in [3.8, 4) is 11.4 Å². The molecule has 0 aliphatic carbocycles. The summed E-state index contributed by atoms with van der Waals surface area (Å²) in [4.78, 5) is 13.0. The smallest absolute Gasteiger partial charge is 0.142 e. The Kier molecular flexibility index (Phi) is 4.37. The molecule has 0 aliphatic rings. The summed E-state index contributed by atoms with van der Waals surface area (Å²) in [6, 6.07) is 14.7. The fraction of sp³-hybridized carbons (Fsp3) is 0.150. The number of aryl methyl sites for hydroxylation is 1. The highest BCUT2D eigenvalue weighted by Gasteiger charge is 2.18. The van der Waals surface area contributed by atoms with E-state index in [2.05, 4.69) is 48.4 Å². The summed E-state index contributed by atoms with van der Waals surface area (Å²) in [5, 5.41) is 0. The van der Waals surface area contributed by atoms with Crippen LogP contribution in [-0.4, -0.2) is 24.1 Å². The van der Waals surface area contributed by atoms with Crippen LogP contribution in [-0.2, 0) is 6.54 Å². The molecule has 0 aliphatic heterocycles. The highest BCUT2D eigenvalue weighted by molar-refractivity contribution is 5.54. The first kappa shape index (κ1) is 15.3. The van der Waals surface area contributed by atoms with Crippen molar-refractivity contribution >= 4 is 0 Å². The number of pyridine rings is 1. The molecule has 124 valence electrons. The van der Waals surface area contributed by atoms with E-state index in [1.165, 1.54) is 5.56 Å². The van der Waals surface area contributed by atoms with Crippen molar-refractivity contribution < 1.29 is 0 Å². The van der Waals surface area contributed by atoms with Crippen molar-refractivity contribution in [2.24, 2.45) is 0 Å². The van der Waals surface area contributed by atoms with Crippen LogP contribution in [0.2, 0.25) is 0 Å². The molecule has 0 unspecified atom stereocenters. The Hall–Kier alpha value is -3.21. The van der Waals surface area contributed by atoms with E-state index in [0.29, 0.717) is 0 Å². The molecule has 0 fully saturated rings. The van der Waals surface area contributed by atoms with Gasteiger partial charge >= 0.3 is 0 Å². The summed E-state index contributed by atoms with van der Waals surface area (Å²) in [7, 11) is 0. The van der Waals surface area contributed by atoms with Crippen molar-refractivity contribution in [2.75, 3.05) is 0 Å². The van der Waals surface area contributed by atoms with Crippen molar-refractivity contribution in [3.05, 3.63) is 91.5 Å². The number of nitrogens with zero attached hydrogens (tertiary/aromatic N) is 5. The van der Waals surface area contributed by atoms with Crippen molar-refractivity contribution in [2.45, 2.75) is 19.0 Å². The Bertz CT molecular complexity index is 898. The number of hydrogen-bond donors (Lipinski definition) is 0. The molecule has 4 aromatic rings. The molecule has 0 saturated heterocycles. The van der Waals surface area contributed by atoms with E-state index in [9.17, 15) is 0 Å². The van der Waals surface area contributed by atoms with E-state index in [-0.39, 0.29) is 6.04 Å². The SMILES string of the molecule is c1ccc([C@@H](CCn2ccnc2)n2ccnc2-c2cccnc2)cc1. The Labute approximate surface area is 146 Å². The molecule has 0 saturated carbocycles. The van der Waals surface area contributed by atoms with E-state index in [4.69, 9.17) is 0 Å². The lowest BCUT2D eigenvalue weighted by Crippen LogP contribution is -2.14. The quantitative estimate of drug-likeness (QED) is 0.540. The molecule has 5 nitrogen and oxygen atoms in total. The van der Waals surface area contributed by atoms with Crippen molar-refractivity contribution in [3.63, 3.8) is 0 Å². The van der Waals surface area contributed by atoms with E-state index in [1.807, 2.05) is 55.5 Å². The third-order valence-electron chi connectivity index (χ3n) is 4.33.